The van der Waals surface area contributed by atoms with Crippen LogP contribution in [0.2, 0.25) is 0 Å². The van der Waals surface area contributed by atoms with Crippen LogP contribution in [0, 0.1) is 5.92 Å². The summed E-state index contributed by atoms with van der Waals surface area (Å²) in [5.41, 5.74) is 7.37. The molecule has 1 aromatic heterocycles. The van der Waals surface area contributed by atoms with Gasteiger partial charge in [-0.2, -0.15) is 0 Å². The Morgan fingerprint density at radius 1 is 1.35 bits per heavy atom. The van der Waals surface area contributed by atoms with Crippen molar-refractivity contribution in [2.75, 3.05) is 6.54 Å². The maximum absolute atomic E-state index is 6.05. The molecule has 2 N–H and O–H groups in total. The van der Waals surface area contributed by atoms with Crippen molar-refractivity contribution >= 4 is 0 Å². The number of hydrogen-bond donors (Lipinski definition) is 1. The predicted octanol–water partition coefficient (Wildman–Crippen LogP) is 3.20. The van der Waals surface area contributed by atoms with Crippen molar-refractivity contribution in [2.24, 2.45) is 11.7 Å². The fourth-order valence-electron chi connectivity index (χ4n) is 3.07. The molecule has 1 fully saturated rings. The third-order valence-corrected chi connectivity index (χ3v) is 4.61. The highest BCUT2D eigenvalue weighted by Crippen LogP contribution is 2.24. The lowest BCUT2D eigenvalue weighted by Crippen LogP contribution is -2.42. The van der Waals surface area contributed by atoms with Crippen molar-refractivity contribution in [1.82, 2.24) is 9.88 Å². The highest BCUT2D eigenvalue weighted by Gasteiger charge is 2.25. The van der Waals surface area contributed by atoms with Crippen LogP contribution in [0.3, 0.4) is 0 Å². The van der Waals surface area contributed by atoms with Crippen LogP contribution in [0.25, 0.3) is 0 Å². The highest BCUT2D eigenvalue weighted by atomic mass is 15.2. The van der Waals surface area contributed by atoms with E-state index < -0.39 is 0 Å². The molecule has 3 heteroatoms. The van der Waals surface area contributed by atoms with Gasteiger partial charge in [0.2, 0.25) is 0 Å². The van der Waals surface area contributed by atoms with Gasteiger partial charge in [-0.05, 0) is 43.2 Å². The Morgan fingerprint density at radius 3 is 2.70 bits per heavy atom. The molecule has 1 heterocycles. The van der Waals surface area contributed by atoms with E-state index in [-0.39, 0.29) is 0 Å². The van der Waals surface area contributed by atoms with Gasteiger partial charge in [0.15, 0.2) is 0 Å². The average molecular weight is 275 g/mol. The summed E-state index contributed by atoms with van der Waals surface area (Å²) in [6.07, 6.45) is 9.94. The molecule has 0 amide bonds. The van der Waals surface area contributed by atoms with E-state index >= 15 is 0 Å². The quantitative estimate of drug-likeness (QED) is 0.867. The molecular weight excluding hydrogens is 246 g/mol. The molecule has 0 bridgehead atoms. The zero-order valence-electron chi connectivity index (χ0n) is 13.0. The van der Waals surface area contributed by atoms with E-state index in [9.17, 15) is 0 Å². The van der Waals surface area contributed by atoms with E-state index in [0.717, 1.165) is 12.5 Å². The second-order valence-corrected chi connectivity index (χ2v) is 6.37. The Bertz CT molecular complexity index is 371. The molecule has 1 unspecified atom stereocenters. The largest absolute Gasteiger partial charge is 0.328 e. The molecule has 0 radical (unpaired) electrons. The standard InChI is InChI=1S/C17H29N3/c1-3-14(2)12-20(13-15-5-4-10-19-11-15)17-8-6-16(18)7-9-17/h4-5,10-11,14,16-17H,3,6-9,12-13,18H2,1-2H3. The summed E-state index contributed by atoms with van der Waals surface area (Å²) in [5.74, 6) is 0.752. The molecule has 1 atom stereocenters. The monoisotopic (exact) mass is 275 g/mol. The second kappa shape index (κ2) is 7.75. The molecule has 3 nitrogen and oxygen atoms in total. The van der Waals surface area contributed by atoms with E-state index in [0.29, 0.717) is 12.1 Å². The Balaban J connectivity index is 2.00. The van der Waals surface area contributed by atoms with Gasteiger partial charge in [0, 0.05) is 37.6 Å². The third-order valence-electron chi connectivity index (χ3n) is 4.61. The molecule has 1 aliphatic rings. The molecule has 1 aliphatic carbocycles. The molecule has 1 aromatic rings. The van der Waals surface area contributed by atoms with Crippen molar-refractivity contribution in [3.63, 3.8) is 0 Å². The van der Waals surface area contributed by atoms with Crippen molar-refractivity contribution in [2.45, 2.75) is 64.6 Å². The Morgan fingerprint density at radius 2 is 2.10 bits per heavy atom. The zero-order valence-corrected chi connectivity index (χ0v) is 13.0. The number of rotatable bonds is 6. The molecule has 2 rings (SSSR count). The summed E-state index contributed by atoms with van der Waals surface area (Å²) in [7, 11) is 0. The average Bonchev–Trinajstić information content (AvgIpc) is 2.48. The topological polar surface area (TPSA) is 42.2 Å². The first kappa shape index (κ1) is 15.5. The summed E-state index contributed by atoms with van der Waals surface area (Å²) in [6.45, 7) is 6.85. The van der Waals surface area contributed by atoms with E-state index in [1.807, 2.05) is 18.5 Å². The fourth-order valence-corrected chi connectivity index (χ4v) is 3.07. The number of aromatic nitrogens is 1. The van der Waals surface area contributed by atoms with Crippen LogP contribution >= 0.6 is 0 Å². The van der Waals surface area contributed by atoms with Gasteiger partial charge in [-0.3, -0.25) is 9.88 Å². The van der Waals surface area contributed by atoms with Crippen molar-refractivity contribution < 1.29 is 0 Å². The maximum atomic E-state index is 6.05. The van der Waals surface area contributed by atoms with Gasteiger partial charge in [0.05, 0.1) is 0 Å². The second-order valence-electron chi connectivity index (χ2n) is 6.37. The van der Waals surface area contributed by atoms with Crippen LogP contribution in [0.4, 0.5) is 0 Å². The smallest absolute Gasteiger partial charge is 0.0312 e. The van der Waals surface area contributed by atoms with Gasteiger partial charge >= 0.3 is 0 Å². The van der Waals surface area contributed by atoms with E-state index in [1.165, 1.54) is 44.2 Å². The van der Waals surface area contributed by atoms with E-state index in [4.69, 9.17) is 5.73 Å². The maximum Gasteiger partial charge on any atom is 0.0312 e. The fraction of sp³-hybridized carbons (Fsp3) is 0.706. The minimum Gasteiger partial charge on any atom is -0.328 e. The van der Waals surface area contributed by atoms with Gasteiger partial charge in [0.25, 0.3) is 0 Å². The molecule has 20 heavy (non-hydrogen) atoms. The van der Waals surface area contributed by atoms with Crippen LogP contribution in [-0.2, 0) is 6.54 Å². The van der Waals surface area contributed by atoms with Crippen molar-refractivity contribution in [3.8, 4) is 0 Å². The van der Waals surface area contributed by atoms with Crippen LogP contribution in [0.5, 0.6) is 0 Å². The van der Waals surface area contributed by atoms with E-state index in [1.54, 1.807) is 0 Å². The lowest BCUT2D eigenvalue weighted by Gasteiger charge is -2.37. The summed E-state index contributed by atoms with van der Waals surface area (Å²) >= 11 is 0. The third kappa shape index (κ3) is 4.57. The first-order valence-electron chi connectivity index (χ1n) is 8.07. The van der Waals surface area contributed by atoms with Gasteiger partial charge in [0.1, 0.15) is 0 Å². The lowest BCUT2D eigenvalue weighted by atomic mass is 9.90. The number of nitrogens with two attached hydrogens (primary N) is 1. The summed E-state index contributed by atoms with van der Waals surface area (Å²) < 4.78 is 0. The molecule has 112 valence electrons. The summed E-state index contributed by atoms with van der Waals surface area (Å²) in [4.78, 5) is 6.91. The Labute approximate surface area is 123 Å². The van der Waals surface area contributed by atoms with Crippen molar-refractivity contribution in [3.05, 3.63) is 30.1 Å². The van der Waals surface area contributed by atoms with Crippen LogP contribution < -0.4 is 5.73 Å². The minimum atomic E-state index is 0.426. The lowest BCUT2D eigenvalue weighted by molar-refractivity contribution is 0.122. The van der Waals surface area contributed by atoms with Crippen LogP contribution in [0.1, 0.15) is 51.5 Å². The normalized spacial score (nSPS) is 24.8. The molecule has 1 saturated carbocycles. The Kier molecular flexibility index (Phi) is 5.99. The Hall–Kier alpha value is -0.930. The minimum absolute atomic E-state index is 0.426. The predicted molar refractivity (Wildman–Crippen MR) is 84.3 cm³/mol. The highest BCUT2D eigenvalue weighted by molar-refractivity contribution is 5.08. The van der Waals surface area contributed by atoms with Crippen LogP contribution in [0.15, 0.2) is 24.5 Å². The van der Waals surface area contributed by atoms with Gasteiger partial charge in [-0.1, -0.05) is 26.3 Å². The number of pyridine rings is 1. The summed E-state index contributed by atoms with van der Waals surface area (Å²) in [5, 5.41) is 0. The SMILES string of the molecule is CCC(C)CN(Cc1cccnc1)C1CCC(N)CC1. The molecule has 0 spiro atoms. The first-order chi connectivity index (χ1) is 9.69. The van der Waals surface area contributed by atoms with E-state index in [2.05, 4.69) is 29.8 Å². The van der Waals surface area contributed by atoms with Gasteiger partial charge in [-0.25, -0.2) is 0 Å². The number of nitrogens with zero attached hydrogens (tertiary/aromatic N) is 2. The number of hydrogen-bond acceptors (Lipinski definition) is 3. The summed E-state index contributed by atoms with van der Waals surface area (Å²) in [6, 6.07) is 5.35. The first-order valence-corrected chi connectivity index (χ1v) is 8.07. The zero-order chi connectivity index (χ0) is 14.4. The molecule has 0 saturated heterocycles. The van der Waals surface area contributed by atoms with Crippen molar-refractivity contribution in [1.29, 1.82) is 0 Å². The van der Waals surface area contributed by atoms with Crippen LogP contribution in [-0.4, -0.2) is 28.5 Å². The molecule has 0 aliphatic heterocycles. The molecular formula is C17H29N3. The van der Waals surface area contributed by atoms with Gasteiger partial charge in [-0.15, -0.1) is 0 Å². The van der Waals surface area contributed by atoms with Gasteiger partial charge < -0.3 is 5.73 Å². The molecule has 0 aromatic carbocycles.